The van der Waals surface area contributed by atoms with Crippen molar-refractivity contribution in [3.05, 3.63) is 70.8 Å². The lowest BCUT2D eigenvalue weighted by Crippen LogP contribution is -2.45. The van der Waals surface area contributed by atoms with Crippen LogP contribution in [0, 0.1) is 0 Å². The standard InChI is InChI=1S/C16H14BrN/c17-10-16-13-7-3-1-5-11(13)9-15(18-16)12-6-2-4-8-14(12)16/h1-8,15,18H,9-10H2/t15-,16+/m1/s1. The summed E-state index contributed by atoms with van der Waals surface area (Å²) >= 11 is 3.73. The van der Waals surface area contributed by atoms with Gasteiger partial charge >= 0.3 is 0 Å². The van der Waals surface area contributed by atoms with E-state index in [2.05, 4.69) is 69.8 Å². The highest BCUT2D eigenvalue weighted by molar-refractivity contribution is 9.09. The number of hydrogen-bond acceptors (Lipinski definition) is 1. The number of nitrogens with one attached hydrogen (secondary N) is 1. The van der Waals surface area contributed by atoms with Crippen LogP contribution in [0.25, 0.3) is 0 Å². The first-order chi connectivity index (χ1) is 8.85. The molecule has 1 nitrogen and oxygen atoms in total. The van der Waals surface area contributed by atoms with E-state index in [1.165, 1.54) is 22.3 Å². The highest BCUT2D eigenvalue weighted by Crippen LogP contribution is 2.49. The summed E-state index contributed by atoms with van der Waals surface area (Å²) in [5.41, 5.74) is 5.79. The van der Waals surface area contributed by atoms with Crippen molar-refractivity contribution in [3.8, 4) is 0 Å². The summed E-state index contributed by atoms with van der Waals surface area (Å²) in [5, 5.41) is 4.75. The van der Waals surface area contributed by atoms with Crippen LogP contribution in [0.3, 0.4) is 0 Å². The Hall–Kier alpha value is -1.12. The molecule has 2 heteroatoms. The average molecular weight is 300 g/mol. The molecule has 0 spiro atoms. The third-order valence-electron chi connectivity index (χ3n) is 4.32. The van der Waals surface area contributed by atoms with Gasteiger partial charge < -0.3 is 0 Å². The van der Waals surface area contributed by atoms with Crippen molar-refractivity contribution in [2.45, 2.75) is 18.0 Å². The van der Waals surface area contributed by atoms with Crippen LogP contribution in [0.4, 0.5) is 0 Å². The summed E-state index contributed by atoms with van der Waals surface area (Å²) < 4.78 is 0. The molecule has 2 atom stereocenters. The van der Waals surface area contributed by atoms with Crippen molar-refractivity contribution in [3.63, 3.8) is 0 Å². The minimum absolute atomic E-state index is 0.0316. The maximum Gasteiger partial charge on any atom is 0.0799 e. The molecule has 0 saturated carbocycles. The second kappa shape index (κ2) is 3.69. The fourth-order valence-corrected chi connectivity index (χ4v) is 4.31. The predicted molar refractivity (Wildman–Crippen MR) is 77.0 cm³/mol. The number of benzene rings is 2. The Kier molecular flexibility index (Phi) is 2.21. The normalized spacial score (nSPS) is 27.7. The number of fused-ring (bicyclic) bond motifs is 7. The van der Waals surface area contributed by atoms with E-state index < -0.39 is 0 Å². The lowest BCUT2D eigenvalue weighted by Gasteiger charge is -2.36. The van der Waals surface area contributed by atoms with E-state index in [0.29, 0.717) is 6.04 Å². The molecule has 0 amide bonds. The third kappa shape index (κ3) is 1.20. The second-order valence-corrected chi connectivity index (χ2v) is 5.75. The van der Waals surface area contributed by atoms with Crippen LogP contribution in [-0.2, 0) is 12.0 Å². The minimum atomic E-state index is -0.0316. The smallest absolute Gasteiger partial charge is 0.0799 e. The molecule has 90 valence electrons. The zero-order valence-electron chi connectivity index (χ0n) is 9.99. The molecule has 0 radical (unpaired) electrons. The number of alkyl halides is 1. The summed E-state index contributed by atoms with van der Waals surface area (Å²) in [5.74, 6) is 0. The summed E-state index contributed by atoms with van der Waals surface area (Å²) in [6, 6.07) is 18.1. The molecule has 2 aliphatic rings. The lowest BCUT2D eigenvalue weighted by atomic mass is 9.82. The van der Waals surface area contributed by atoms with Gasteiger partial charge in [-0.2, -0.15) is 0 Å². The van der Waals surface area contributed by atoms with Gasteiger partial charge in [0, 0.05) is 11.4 Å². The number of halogens is 1. The third-order valence-corrected chi connectivity index (χ3v) is 5.16. The minimum Gasteiger partial charge on any atom is -0.296 e. The van der Waals surface area contributed by atoms with Crippen molar-refractivity contribution in [2.24, 2.45) is 0 Å². The Morgan fingerprint density at radius 1 is 1.06 bits per heavy atom. The maximum absolute atomic E-state index is 3.83. The van der Waals surface area contributed by atoms with Gasteiger partial charge in [0.15, 0.2) is 0 Å². The lowest BCUT2D eigenvalue weighted by molar-refractivity contribution is 0.397. The van der Waals surface area contributed by atoms with E-state index >= 15 is 0 Å². The number of rotatable bonds is 1. The van der Waals surface area contributed by atoms with Crippen LogP contribution in [0.1, 0.15) is 28.3 Å². The molecule has 0 unspecified atom stereocenters. The van der Waals surface area contributed by atoms with Gasteiger partial charge in [0.25, 0.3) is 0 Å². The predicted octanol–water partition coefficient (Wildman–Crippen LogP) is 3.53. The van der Waals surface area contributed by atoms with E-state index in [9.17, 15) is 0 Å². The molecule has 1 N–H and O–H groups in total. The Balaban J connectivity index is 2.05. The van der Waals surface area contributed by atoms with Crippen LogP contribution in [0.5, 0.6) is 0 Å². The first-order valence-electron chi connectivity index (χ1n) is 6.36. The van der Waals surface area contributed by atoms with Crippen LogP contribution >= 0.6 is 15.9 Å². The molecular weight excluding hydrogens is 286 g/mol. The number of hydrogen-bond donors (Lipinski definition) is 1. The second-order valence-electron chi connectivity index (χ2n) is 5.18. The SMILES string of the molecule is BrC[C@]12N[C@H](Cc3ccccc31)c1ccccc12. The van der Waals surface area contributed by atoms with Gasteiger partial charge in [-0.1, -0.05) is 64.5 Å². The first kappa shape index (κ1) is 10.8. The fraction of sp³-hybridized carbons (Fsp3) is 0.250. The highest BCUT2D eigenvalue weighted by Gasteiger charge is 2.47. The molecule has 2 aliphatic heterocycles. The van der Waals surface area contributed by atoms with Crippen LogP contribution in [0.15, 0.2) is 48.5 Å². The summed E-state index contributed by atoms with van der Waals surface area (Å²) in [4.78, 5) is 0. The van der Waals surface area contributed by atoms with Crippen molar-refractivity contribution in [1.82, 2.24) is 5.32 Å². The summed E-state index contributed by atoms with van der Waals surface area (Å²) in [6.07, 6.45) is 1.10. The van der Waals surface area contributed by atoms with E-state index in [4.69, 9.17) is 0 Å². The van der Waals surface area contributed by atoms with Crippen LogP contribution in [0.2, 0.25) is 0 Å². The molecule has 0 saturated heterocycles. The van der Waals surface area contributed by atoms with Gasteiger partial charge in [-0.05, 0) is 28.7 Å². The van der Waals surface area contributed by atoms with E-state index in [0.717, 1.165) is 11.8 Å². The molecule has 0 fully saturated rings. The molecule has 18 heavy (non-hydrogen) atoms. The largest absolute Gasteiger partial charge is 0.296 e. The quantitative estimate of drug-likeness (QED) is 0.795. The van der Waals surface area contributed by atoms with Crippen molar-refractivity contribution in [2.75, 3.05) is 5.33 Å². The summed E-state index contributed by atoms with van der Waals surface area (Å²) in [7, 11) is 0. The fourth-order valence-electron chi connectivity index (χ4n) is 3.54. The molecule has 2 aromatic carbocycles. The van der Waals surface area contributed by atoms with Gasteiger partial charge in [-0.25, -0.2) is 0 Å². The van der Waals surface area contributed by atoms with Gasteiger partial charge in [0.2, 0.25) is 0 Å². The summed E-state index contributed by atoms with van der Waals surface area (Å²) in [6.45, 7) is 0. The van der Waals surface area contributed by atoms with Gasteiger partial charge in [-0.15, -0.1) is 0 Å². The molecule has 0 aromatic heterocycles. The van der Waals surface area contributed by atoms with E-state index in [-0.39, 0.29) is 5.54 Å². The van der Waals surface area contributed by atoms with Crippen LogP contribution in [-0.4, -0.2) is 5.33 Å². The average Bonchev–Trinajstić information content (AvgIpc) is 2.71. The first-order valence-corrected chi connectivity index (χ1v) is 7.49. The Bertz CT molecular complexity index is 609. The van der Waals surface area contributed by atoms with Crippen molar-refractivity contribution < 1.29 is 0 Å². The topological polar surface area (TPSA) is 12.0 Å². The Morgan fingerprint density at radius 2 is 1.78 bits per heavy atom. The molecule has 2 aromatic rings. The van der Waals surface area contributed by atoms with E-state index in [1.807, 2.05) is 0 Å². The van der Waals surface area contributed by atoms with Gasteiger partial charge in [-0.3, -0.25) is 5.32 Å². The molecule has 0 aliphatic carbocycles. The van der Waals surface area contributed by atoms with Crippen molar-refractivity contribution in [1.29, 1.82) is 0 Å². The maximum atomic E-state index is 3.83. The molecule has 2 heterocycles. The Labute approximate surface area is 115 Å². The highest BCUT2D eigenvalue weighted by atomic mass is 79.9. The van der Waals surface area contributed by atoms with E-state index in [1.54, 1.807) is 0 Å². The monoisotopic (exact) mass is 299 g/mol. The van der Waals surface area contributed by atoms with Crippen LogP contribution < -0.4 is 5.32 Å². The molecule has 4 rings (SSSR count). The van der Waals surface area contributed by atoms with Gasteiger partial charge in [0.05, 0.1) is 5.54 Å². The van der Waals surface area contributed by atoms with Crippen molar-refractivity contribution >= 4 is 15.9 Å². The van der Waals surface area contributed by atoms with Gasteiger partial charge in [0.1, 0.15) is 0 Å². The molecule has 2 bridgehead atoms. The Morgan fingerprint density at radius 3 is 2.61 bits per heavy atom. The molecular formula is C16H14BrN. The zero-order chi connectivity index (χ0) is 12.2. The zero-order valence-corrected chi connectivity index (χ0v) is 11.6.